The summed E-state index contributed by atoms with van der Waals surface area (Å²) in [4.78, 5) is 50.1. The smallest absolute Gasteiger partial charge is 0.339 e. The van der Waals surface area contributed by atoms with Gasteiger partial charge in [0.15, 0.2) is 12.1 Å². The predicted octanol–water partition coefficient (Wildman–Crippen LogP) is 1.63. The van der Waals surface area contributed by atoms with Crippen molar-refractivity contribution in [3.63, 3.8) is 0 Å². The van der Waals surface area contributed by atoms with Crippen molar-refractivity contribution in [2.75, 3.05) is 25.6 Å². The highest BCUT2D eigenvalue weighted by molar-refractivity contribution is 6.34. The molecule has 10 heteroatoms. The van der Waals surface area contributed by atoms with E-state index in [-0.39, 0.29) is 29.4 Å². The van der Waals surface area contributed by atoms with Crippen LogP contribution in [-0.4, -0.2) is 50.2 Å². The largest absolute Gasteiger partial charge is 0.465 e. The van der Waals surface area contributed by atoms with E-state index >= 15 is 0 Å². The summed E-state index contributed by atoms with van der Waals surface area (Å²) in [6.45, 7) is 3.13. The minimum Gasteiger partial charge on any atom is -0.465 e. The zero-order valence-electron chi connectivity index (χ0n) is 15.4. The maximum absolute atomic E-state index is 12.9. The van der Waals surface area contributed by atoms with E-state index < -0.39 is 41.4 Å². The van der Waals surface area contributed by atoms with E-state index in [1.807, 2.05) is 0 Å². The second kappa shape index (κ2) is 7.31. The first-order valence-corrected chi connectivity index (χ1v) is 8.93. The van der Waals surface area contributed by atoms with E-state index in [1.165, 1.54) is 19.2 Å². The van der Waals surface area contributed by atoms with Gasteiger partial charge in [0.05, 0.1) is 30.9 Å². The number of benzene rings is 1. The van der Waals surface area contributed by atoms with Gasteiger partial charge in [-0.2, -0.15) is 0 Å². The molecule has 1 aromatic rings. The third-order valence-corrected chi connectivity index (χ3v) is 5.00. The Hall–Kier alpha value is -2.81. The molecule has 1 aromatic carbocycles. The third-order valence-electron chi connectivity index (χ3n) is 4.69. The summed E-state index contributed by atoms with van der Waals surface area (Å²) in [6.07, 6.45) is -1.32. The number of hydrogen-bond acceptors (Lipinski definition) is 9. The maximum atomic E-state index is 12.9. The fraction of sp³-hybridized carbons (Fsp3) is 0.444. The fourth-order valence-electron chi connectivity index (χ4n) is 3.48. The van der Waals surface area contributed by atoms with Crippen molar-refractivity contribution in [3.05, 3.63) is 28.3 Å². The molecule has 2 aliphatic rings. The molecule has 2 bridgehead atoms. The molecule has 2 aliphatic heterocycles. The van der Waals surface area contributed by atoms with Crippen LogP contribution in [-0.2, 0) is 33.3 Å². The lowest BCUT2D eigenvalue weighted by Crippen LogP contribution is -2.57. The molecule has 0 unspecified atom stereocenters. The highest BCUT2D eigenvalue weighted by Crippen LogP contribution is 2.55. The molecule has 1 fully saturated rings. The van der Waals surface area contributed by atoms with Crippen LogP contribution in [0.5, 0.6) is 0 Å². The van der Waals surface area contributed by atoms with Gasteiger partial charge in [0.2, 0.25) is 5.41 Å². The number of ether oxygens (including phenoxy) is 4. The SMILES string of the molecule is CCOC(=O)C1(C(=O)OCC)[C@@H]2Nc3cc(C(=O)OC)c(Cl)cc3[C@@H]1OC2=O. The summed E-state index contributed by atoms with van der Waals surface area (Å²) in [7, 11) is 1.20. The minimum atomic E-state index is -2.06. The van der Waals surface area contributed by atoms with Gasteiger partial charge < -0.3 is 24.3 Å². The van der Waals surface area contributed by atoms with Crippen molar-refractivity contribution in [2.45, 2.75) is 26.0 Å². The second-order valence-electron chi connectivity index (χ2n) is 6.12. The van der Waals surface area contributed by atoms with Crippen molar-refractivity contribution in [2.24, 2.45) is 5.41 Å². The number of halogens is 1. The average Bonchev–Trinajstić information content (AvgIpc) is 2.87. The normalized spacial score (nSPS) is 21.1. The first kappa shape index (κ1) is 19.9. The molecule has 1 saturated heterocycles. The first-order valence-electron chi connectivity index (χ1n) is 8.56. The Balaban J connectivity index is 2.20. The van der Waals surface area contributed by atoms with E-state index in [0.717, 1.165) is 0 Å². The number of anilines is 1. The Morgan fingerprint density at radius 3 is 2.32 bits per heavy atom. The van der Waals surface area contributed by atoms with E-state index in [2.05, 4.69) is 10.1 Å². The molecule has 0 amide bonds. The number of hydrogen-bond donors (Lipinski definition) is 1. The minimum absolute atomic E-state index is 0.00965. The number of fused-ring (bicyclic) bond motifs is 4. The van der Waals surface area contributed by atoms with Gasteiger partial charge in [-0.1, -0.05) is 11.6 Å². The van der Waals surface area contributed by atoms with Crippen LogP contribution in [0.25, 0.3) is 0 Å². The van der Waals surface area contributed by atoms with Crippen LogP contribution in [0.15, 0.2) is 12.1 Å². The van der Waals surface area contributed by atoms with Crippen molar-refractivity contribution >= 4 is 41.2 Å². The van der Waals surface area contributed by atoms with Gasteiger partial charge in [0, 0.05) is 11.3 Å². The van der Waals surface area contributed by atoms with Crippen LogP contribution in [0.1, 0.15) is 35.9 Å². The summed E-state index contributed by atoms with van der Waals surface area (Å²) >= 11 is 6.18. The Labute approximate surface area is 165 Å². The van der Waals surface area contributed by atoms with Crippen LogP contribution < -0.4 is 5.32 Å². The summed E-state index contributed by atoms with van der Waals surface area (Å²) in [6, 6.07) is 1.35. The maximum Gasteiger partial charge on any atom is 0.339 e. The van der Waals surface area contributed by atoms with Crippen molar-refractivity contribution < 1.29 is 38.1 Å². The van der Waals surface area contributed by atoms with Gasteiger partial charge in [0.25, 0.3) is 0 Å². The quantitative estimate of drug-likeness (QED) is 0.438. The van der Waals surface area contributed by atoms with Crippen molar-refractivity contribution in [1.82, 2.24) is 0 Å². The van der Waals surface area contributed by atoms with Crippen LogP contribution in [0, 0.1) is 5.41 Å². The number of nitrogens with one attached hydrogen (secondary N) is 1. The zero-order chi connectivity index (χ0) is 20.6. The Morgan fingerprint density at radius 1 is 1.18 bits per heavy atom. The summed E-state index contributed by atoms with van der Waals surface area (Å²) < 4.78 is 20.2. The van der Waals surface area contributed by atoms with Gasteiger partial charge in [-0.3, -0.25) is 9.59 Å². The number of carbonyl (C=O) groups excluding carboxylic acids is 4. The van der Waals surface area contributed by atoms with Crippen LogP contribution in [0.3, 0.4) is 0 Å². The van der Waals surface area contributed by atoms with E-state index in [1.54, 1.807) is 13.8 Å². The number of esters is 4. The first-order chi connectivity index (χ1) is 13.3. The molecule has 0 saturated carbocycles. The molecule has 150 valence electrons. The molecule has 1 N–H and O–H groups in total. The molecule has 0 aliphatic carbocycles. The Bertz CT molecular complexity index is 849. The summed E-state index contributed by atoms with van der Waals surface area (Å²) in [5.74, 6) is -3.39. The Morgan fingerprint density at radius 2 is 1.79 bits per heavy atom. The molecular formula is C18H18ClNO8. The summed E-state index contributed by atoms with van der Waals surface area (Å²) in [5.41, 5.74) is -1.44. The standard InChI is InChI=1S/C18H18ClNO8/c1-4-26-16(23)18(17(24)27-5-2)12-15(22)28-13(18)9-6-10(19)8(14(21)25-3)7-11(9)20-12/h6-7,12-13,20H,4-5H2,1-3H3/t12-,13+/m1/s1. The molecule has 0 spiro atoms. The van der Waals surface area contributed by atoms with Gasteiger partial charge in [-0.05, 0) is 26.0 Å². The zero-order valence-corrected chi connectivity index (χ0v) is 16.1. The van der Waals surface area contributed by atoms with Crippen LogP contribution >= 0.6 is 11.6 Å². The van der Waals surface area contributed by atoms with E-state index in [0.29, 0.717) is 5.69 Å². The second-order valence-corrected chi connectivity index (χ2v) is 6.52. The van der Waals surface area contributed by atoms with Crippen molar-refractivity contribution in [3.8, 4) is 0 Å². The van der Waals surface area contributed by atoms with Crippen LogP contribution in [0.4, 0.5) is 5.69 Å². The third kappa shape index (κ3) is 2.69. The Kier molecular flexibility index (Phi) is 5.20. The highest BCUT2D eigenvalue weighted by atomic mass is 35.5. The van der Waals surface area contributed by atoms with E-state index in [9.17, 15) is 19.2 Å². The van der Waals surface area contributed by atoms with Gasteiger partial charge in [-0.15, -0.1) is 0 Å². The highest BCUT2D eigenvalue weighted by Gasteiger charge is 2.72. The predicted molar refractivity (Wildman–Crippen MR) is 94.7 cm³/mol. The number of carbonyl (C=O) groups is 4. The molecule has 0 aromatic heterocycles. The summed E-state index contributed by atoms with van der Waals surface area (Å²) in [5, 5.41) is 2.82. The van der Waals surface area contributed by atoms with Crippen molar-refractivity contribution in [1.29, 1.82) is 0 Å². The topological polar surface area (TPSA) is 117 Å². The average molecular weight is 412 g/mol. The molecule has 3 rings (SSSR count). The lowest BCUT2D eigenvalue weighted by atomic mass is 9.71. The van der Waals surface area contributed by atoms with Gasteiger partial charge in [-0.25, -0.2) is 9.59 Å². The lowest BCUT2D eigenvalue weighted by molar-refractivity contribution is -0.177. The molecular weight excluding hydrogens is 394 g/mol. The lowest BCUT2D eigenvalue weighted by Gasteiger charge is -2.37. The molecule has 0 radical (unpaired) electrons. The number of rotatable bonds is 5. The monoisotopic (exact) mass is 411 g/mol. The molecule has 2 atom stereocenters. The number of methoxy groups -OCH3 is 1. The molecule has 2 heterocycles. The van der Waals surface area contributed by atoms with Gasteiger partial charge in [0.1, 0.15) is 0 Å². The molecule has 28 heavy (non-hydrogen) atoms. The molecule has 9 nitrogen and oxygen atoms in total. The van der Waals surface area contributed by atoms with Crippen LogP contribution in [0.2, 0.25) is 5.02 Å². The van der Waals surface area contributed by atoms with Gasteiger partial charge >= 0.3 is 23.9 Å². The fourth-order valence-corrected chi connectivity index (χ4v) is 3.73. The van der Waals surface area contributed by atoms with E-state index in [4.69, 9.17) is 25.8 Å².